The number of hydrogen-bond donors (Lipinski definition) is 1. The van der Waals surface area contributed by atoms with E-state index in [1.165, 1.54) is 25.5 Å². The Labute approximate surface area is 145 Å². The molecule has 0 bridgehead atoms. The summed E-state index contributed by atoms with van der Waals surface area (Å²) < 4.78 is 1.28. The van der Waals surface area contributed by atoms with Crippen LogP contribution in [0, 0.1) is 24.0 Å². The Morgan fingerprint density at radius 1 is 1.28 bits per heavy atom. The van der Waals surface area contributed by atoms with Crippen molar-refractivity contribution >= 4 is 17.4 Å². The molecule has 1 atom stereocenters. The molecule has 1 heterocycles. The van der Waals surface area contributed by atoms with E-state index in [9.17, 15) is 19.7 Å². The second-order valence-corrected chi connectivity index (χ2v) is 5.85. The minimum Gasteiger partial charge on any atom is -0.344 e. The maximum absolute atomic E-state index is 12.3. The van der Waals surface area contributed by atoms with Crippen molar-refractivity contribution in [3.63, 3.8) is 0 Å². The number of nitrogens with zero attached hydrogens (tertiary/aromatic N) is 3. The molecule has 0 saturated carbocycles. The summed E-state index contributed by atoms with van der Waals surface area (Å²) in [7, 11) is 0. The molecule has 0 aliphatic carbocycles. The van der Waals surface area contributed by atoms with Crippen LogP contribution < -0.4 is 5.32 Å². The predicted molar refractivity (Wildman–Crippen MR) is 91.1 cm³/mol. The number of hydrogen-bond acceptors (Lipinski definition) is 5. The first-order valence-electron chi connectivity index (χ1n) is 7.81. The SMILES string of the molecule is CC(=O)C(Cc1ccccc1)NC(=O)Cn1nc(C)c([N+](=O)[O-])c1C. The number of Topliss-reactive ketones (excluding diaryl/α,β-unsaturated/α-hetero) is 1. The van der Waals surface area contributed by atoms with Crippen molar-refractivity contribution in [3.8, 4) is 0 Å². The van der Waals surface area contributed by atoms with Crippen molar-refractivity contribution in [2.45, 2.75) is 39.8 Å². The normalized spacial score (nSPS) is 11.8. The summed E-state index contributed by atoms with van der Waals surface area (Å²) in [5.41, 5.74) is 1.40. The van der Waals surface area contributed by atoms with Gasteiger partial charge in [-0.15, -0.1) is 0 Å². The van der Waals surface area contributed by atoms with Gasteiger partial charge in [-0.25, -0.2) is 0 Å². The number of ketones is 1. The summed E-state index contributed by atoms with van der Waals surface area (Å²) in [4.78, 5) is 34.6. The molecular weight excluding hydrogens is 324 g/mol. The lowest BCUT2D eigenvalue weighted by molar-refractivity contribution is -0.386. The van der Waals surface area contributed by atoms with Gasteiger partial charge >= 0.3 is 5.69 Å². The molecule has 1 aromatic heterocycles. The Bertz CT molecular complexity index is 798. The molecule has 0 saturated heterocycles. The van der Waals surface area contributed by atoms with E-state index < -0.39 is 16.9 Å². The smallest absolute Gasteiger partial charge is 0.312 e. The molecule has 0 radical (unpaired) electrons. The molecule has 0 aliphatic heterocycles. The number of rotatable bonds is 7. The fraction of sp³-hybridized carbons (Fsp3) is 0.353. The lowest BCUT2D eigenvalue weighted by Crippen LogP contribution is -2.43. The van der Waals surface area contributed by atoms with Crippen molar-refractivity contribution in [3.05, 3.63) is 57.4 Å². The molecule has 2 rings (SSSR count). The number of amides is 1. The molecule has 0 fully saturated rings. The van der Waals surface area contributed by atoms with Crippen molar-refractivity contribution in [1.29, 1.82) is 0 Å². The zero-order valence-electron chi connectivity index (χ0n) is 14.4. The average Bonchev–Trinajstić information content (AvgIpc) is 2.81. The van der Waals surface area contributed by atoms with E-state index >= 15 is 0 Å². The Hall–Kier alpha value is -3.03. The largest absolute Gasteiger partial charge is 0.344 e. The number of carbonyl (C=O) groups is 2. The molecule has 1 aromatic carbocycles. The molecular formula is C17H20N4O4. The Morgan fingerprint density at radius 2 is 1.92 bits per heavy atom. The molecule has 132 valence electrons. The summed E-state index contributed by atoms with van der Waals surface area (Å²) in [5.74, 6) is -0.576. The van der Waals surface area contributed by atoms with Crippen molar-refractivity contribution < 1.29 is 14.5 Å². The van der Waals surface area contributed by atoms with Gasteiger partial charge in [-0.05, 0) is 32.8 Å². The van der Waals surface area contributed by atoms with Crippen LogP contribution in [0.5, 0.6) is 0 Å². The monoisotopic (exact) mass is 344 g/mol. The first-order chi connectivity index (χ1) is 11.8. The lowest BCUT2D eigenvalue weighted by Gasteiger charge is -2.16. The van der Waals surface area contributed by atoms with Gasteiger partial charge in [0, 0.05) is 0 Å². The standard InChI is InChI=1S/C17H20N4O4/c1-11-17(21(24)25)12(2)20(19-11)10-16(23)18-15(13(3)22)9-14-7-5-4-6-8-14/h4-8,15H,9-10H2,1-3H3,(H,18,23). The number of nitrogens with one attached hydrogen (secondary N) is 1. The Balaban J connectivity index is 2.08. The van der Waals surface area contributed by atoms with Gasteiger partial charge < -0.3 is 5.32 Å². The van der Waals surface area contributed by atoms with Crippen LogP contribution in [0.1, 0.15) is 23.9 Å². The van der Waals surface area contributed by atoms with E-state index in [-0.39, 0.29) is 23.7 Å². The maximum Gasteiger partial charge on any atom is 0.312 e. The number of benzene rings is 1. The fourth-order valence-electron chi connectivity index (χ4n) is 2.63. The topological polar surface area (TPSA) is 107 Å². The number of nitro groups is 1. The van der Waals surface area contributed by atoms with Gasteiger partial charge in [0.1, 0.15) is 17.9 Å². The van der Waals surface area contributed by atoms with E-state index in [1.807, 2.05) is 30.3 Å². The minimum atomic E-state index is -0.651. The van der Waals surface area contributed by atoms with E-state index in [0.29, 0.717) is 12.1 Å². The van der Waals surface area contributed by atoms with Gasteiger partial charge in [-0.2, -0.15) is 5.10 Å². The van der Waals surface area contributed by atoms with E-state index in [4.69, 9.17) is 0 Å². The van der Waals surface area contributed by atoms with Crippen LogP contribution in [0.25, 0.3) is 0 Å². The number of aryl methyl sites for hydroxylation is 1. The highest BCUT2D eigenvalue weighted by molar-refractivity contribution is 5.87. The summed E-state index contributed by atoms with van der Waals surface area (Å²) in [6.45, 7) is 4.30. The van der Waals surface area contributed by atoms with Crippen LogP contribution in [0.15, 0.2) is 30.3 Å². The summed E-state index contributed by atoms with van der Waals surface area (Å²) in [6, 6.07) is 8.72. The second-order valence-electron chi connectivity index (χ2n) is 5.85. The molecule has 0 spiro atoms. The summed E-state index contributed by atoms with van der Waals surface area (Å²) >= 11 is 0. The lowest BCUT2D eigenvalue weighted by atomic mass is 10.0. The van der Waals surface area contributed by atoms with Crippen LogP contribution in [-0.2, 0) is 22.6 Å². The van der Waals surface area contributed by atoms with Crippen LogP contribution in [0.4, 0.5) is 5.69 Å². The molecule has 1 amide bonds. The van der Waals surface area contributed by atoms with Gasteiger partial charge in [0.15, 0.2) is 5.78 Å². The predicted octanol–water partition coefficient (Wildman–Crippen LogP) is 1.72. The first kappa shape index (κ1) is 18.3. The number of aromatic nitrogens is 2. The highest BCUT2D eigenvalue weighted by Crippen LogP contribution is 2.21. The third-order valence-electron chi connectivity index (χ3n) is 3.93. The third kappa shape index (κ3) is 4.50. The van der Waals surface area contributed by atoms with Crippen LogP contribution >= 0.6 is 0 Å². The van der Waals surface area contributed by atoms with Gasteiger partial charge in [-0.1, -0.05) is 30.3 Å². The summed E-state index contributed by atoms with van der Waals surface area (Å²) in [5, 5.41) is 17.7. The molecule has 1 N–H and O–H groups in total. The Morgan fingerprint density at radius 3 is 2.44 bits per heavy atom. The van der Waals surface area contributed by atoms with Crippen LogP contribution in [0.3, 0.4) is 0 Å². The van der Waals surface area contributed by atoms with Crippen LogP contribution in [-0.4, -0.2) is 32.4 Å². The third-order valence-corrected chi connectivity index (χ3v) is 3.93. The van der Waals surface area contributed by atoms with Crippen molar-refractivity contribution in [2.75, 3.05) is 0 Å². The second kappa shape index (κ2) is 7.69. The van der Waals surface area contributed by atoms with Gasteiger partial charge in [0.25, 0.3) is 0 Å². The molecule has 2 aromatic rings. The first-order valence-corrected chi connectivity index (χ1v) is 7.81. The highest BCUT2D eigenvalue weighted by atomic mass is 16.6. The van der Waals surface area contributed by atoms with Crippen LogP contribution in [0.2, 0.25) is 0 Å². The molecule has 1 unspecified atom stereocenters. The van der Waals surface area contributed by atoms with Gasteiger partial charge in [-0.3, -0.25) is 24.4 Å². The quantitative estimate of drug-likeness (QED) is 0.608. The zero-order valence-corrected chi connectivity index (χ0v) is 14.4. The fourth-order valence-corrected chi connectivity index (χ4v) is 2.63. The highest BCUT2D eigenvalue weighted by Gasteiger charge is 2.24. The molecule has 8 heteroatoms. The van der Waals surface area contributed by atoms with E-state index in [2.05, 4.69) is 10.4 Å². The number of carbonyl (C=O) groups excluding carboxylic acids is 2. The maximum atomic E-state index is 12.3. The molecule has 0 aliphatic rings. The molecule has 25 heavy (non-hydrogen) atoms. The average molecular weight is 344 g/mol. The molecule has 8 nitrogen and oxygen atoms in total. The Kier molecular flexibility index (Phi) is 5.63. The minimum absolute atomic E-state index is 0.0970. The summed E-state index contributed by atoms with van der Waals surface area (Å²) in [6.07, 6.45) is 0.388. The van der Waals surface area contributed by atoms with E-state index in [1.54, 1.807) is 0 Å². The van der Waals surface area contributed by atoms with Crippen molar-refractivity contribution in [2.24, 2.45) is 0 Å². The van der Waals surface area contributed by atoms with E-state index in [0.717, 1.165) is 5.56 Å². The van der Waals surface area contributed by atoms with Gasteiger partial charge in [0.05, 0.1) is 11.0 Å². The van der Waals surface area contributed by atoms with Crippen molar-refractivity contribution in [1.82, 2.24) is 15.1 Å². The van der Waals surface area contributed by atoms with Gasteiger partial charge in [0.2, 0.25) is 5.91 Å². The zero-order chi connectivity index (χ0) is 18.6.